The van der Waals surface area contributed by atoms with Crippen LogP contribution in [0.2, 0.25) is 0 Å². The van der Waals surface area contributed by atoms with Crippen LogP contribution in [0, 0.1) is 5.92 Å². The molecule has 3 unspecified atom stereocenters. The molecule has 3 rings (SSSR count). The van der Waals surface area contributed by atoms with Crippen LogP contribution in [0.25, 0.3) is 0 Å². The van der Waals surface area contributed by atoms with Gasteiger partial charge < -0.3 is 14.9 Å². The molecule has 2 aliphatic heterocycles. The molecule has 1 saturated heterocycles. The highest BCUT2D eigenvalue weighted by atomic mass is 16.4. The van der Waals surface area contributed by atoms with Gasteiger partial charge in [-0.2, -0.15) is 0 Å². The maximum atomic E-state index is 11.5. The van der Waals surface area contributed by atoms with Crippen LogP contribution in [0.5, 0.6) is 0 Å². The Bertz CT molecular complexity index is 391. The average molecular weight is 248 g/mol. The van der Waals surface area contributed by atoms with Crippen LogP contribution in [-0.2, 0) is 0 Å². The first-order valence-corrected chi connectivity index (χ1v) is 6.86. The molecule has 0 radical (unpaired) electrons. The highest BCUT2D eigenvalue weighted by molar-refractivity contribution is 5.65. The molecule has 3 atom stereocenters. The van der Waals surface area contributed by atoms with Crippen LogP contribution in [0.3, 0.4) is 0 Å². The molecule has 2 fully saturated rings. The predicted octanol–water partition coefficient (Wildman–Crippen LogP) is 2.29. The number of hydrogen-bond acceptors (Lipinski definition) is 2. The zero-order chi connectivity index (χ0) is 12.5. The molecule has 1 N–H and O–H groups in total. The standard InChI is InChI=1S/C14H20N2O2/c17-14(18)16-10-12-6-3-4-8-15(12)9-11-5-1-2-7-13(11)16/h3-4,6,8,11-13H,1-2,5,7,9-10H2,(H,17,18). The van der Waals surface area contributed by atoms with E-state index in [1.807, 2.05) is 12.2 Å². The summed E-state index contributed by atoms with van der Waals surface area (Å²) >= 11 is 0. The van der Waals surface area contributed by atoms with Crippen molar-refractivity contribution in [1.82, 2.24) is 9.80 Å². The Hall–Kier alpha value is -1.45. The molecule has 3 aliphatic rings. The molecule has 0 aromatic rings. The quantitative estimate of drug-likeness (QED) is 0.715. The molecule has 2 heterocycles. The molecular formula is C14H20N2O2. The van der Waals surface area contributed by atoms with Gasteiger partial charge in [-0.1, -0.05) is 25.0 Å². The van der Waals surface area contributed by atoms with E-state index >= 15 is 0 Å². The van der Waals surface area contributed by atoms with Crippen molar-refractivity contribution in [1.29, 1.82) is 0 Å². The van der Waals surface area contributed by atoms with E-state index in [2.05, 4.69) is 17.2 Å². The second-order valence-electron chi connectivity index (χ2n) is 5.54. The van der Waals surface area contributed by atoms with E-state index in [4.69, 9.17) is 0 Å². The molecule has 4 heteroatoms. The second-order valence-corrected chi connectivity index (χ2v) is 5.54. The lowest BCUT2D eigenvalue weighted by Gasteiger charge is -2.36. The molecule has 18 heavy (non-hydrogen) atoms. The van der Waals surface area contributed by atoms with E-state index in [9.17, 15) is 9.90 Å². The van der Waals surface area contributed by atoms with E-state index in [0.717, 1.165) is 19.4 Å². The highest BCUT2D eigenvalue weighted by Gasteiger charge is 2.38. The van der Waals surface area contributed by atoms with Gasteiger partial charge in [-0.05, 0) is 31.0 Å². The summed E-state index contributed by atoms with van der Waals surface area (Å²) in [5.74, 6) is 0.496. The number of carboxylic acid groups (broad SMARTS) is 1. The number of rotatable bonds is 0. The van der Waals surface area contributed by atoms with Crippen molar-refractivity contribution in [2.24, 2.45) is 5.92 Å². The molecule has 1 aliphatic carbocycles. The van der Waals surface area contributed by atoms with Gasteiger partial charge in [0.25, 0.3) is 0 Å². The number of hydrogen-bond donors (Lipinski definition) is 1. The minimum atomic E-state index is -0.753. The first-order chi connectivity index (χ1) is 8.75. The van der Waals surface area contributed by atoms with Crippen molar-refractivity contribution in [3.63, 3.8) is 0 Å². The number of nitrogens with zero attached hydrogens (tertiary/aromatic N) is 2. The normalized spacial score (nSPS) is 34.8. The lowest BCUT2D eigenvalue weighted by molar-refractivity contribution is 0.0953. The van der Waals surface area contributed by atoms with Crippen LogP contribution in [-0.4, -0.2) is 46.2 Å². The van der Waals surface area contributed by atoms with Crippen molar-refractivity contribution in [2.45, 2.75) is 37.8 Å². The minimum Gasteiger partial charge on any atom is -0.465 e. The first kappa shape index (κ1) is 11.6. The largest absolute Gasteiger partial charge is 0.465 e. The number of carbonyl (C=O) groups is 1. The maximum absolute atomic E-state index is 11.5. The SMILES string of the molecule is O=C(O)N1CC2C=CC=CN2CC2CCCCC21. The number of allylic oxidation sites excluding steroid dienone is 2. The fourth-order valence-electron chi connectivity index (χ4n) is 3.57. The summed E-state index contributed by atoms with van der Waals surface area (Å²) in [5.41, 5.74) is 0. The third-order valence-electron chi connectivity index (χ3n) is 4.49. The number of fused-ring (bicyclic) bond motifs is 2. The van der Waals surface area contributed by atoms with Gasteiger partial charge in [0, 0.05) is 19.1 Å². The molecule has 98 valence electrons. The molecule has 1 amide bonds. The lowest BCUT2D eigenvalue weighted by atomic mass is 9.83. The van der Waals surface area contributed by atoms with E-state index in [0.29, 0.717) is 12.5 Å². The Morgan fingerprint density at radius 3 is 2.83 bits per heavy atom. The molecule has 0 aromatic carbocycles. The Morgan fingerprint density at radius 2 is 2.00 bits per heavy atom. The van der Waals surface area contributed by atoms with Crippen molar-refractivity contribution in [2.75, 3.05) is 13.1 Å². The van der Waals surface area contributed by atoms with Crippen LogP contribution < -0.4 is 0 Å². The summed E-state index contributed by atoms with van der Waals surface area (Å²) in [6, 6.07) is 0.445. The third kappa shape index (κ3) is 2.00. The summed E-state index contributed by atoms with van der Waals surface area (Å²) < 4.78 is 0. The van der Waals surface area contributed by atoms with Gasteiger partial charge in [0.2, 0.25) is 0 Å². The molecular weight excluding hydrogens is 228 g/mol. The van der Waals surface area contributed by atoms with E-state index in [-0.39, 0.29) is 12.1 Å². The van der Waals surface area contributed by atoms with Crippen LogP contribution in [0.4, 0.5) is 4.79 Å². The highest BCUT2D eigenvalue weighted by Crippen LogP contribution is 2.33. The van der Waals surface area contributed by atoms with Gasteiger partial charge in [0.15, 0.2) is 0 Å². The van der Waals surface area contributed by atoms with Crippen molar-refractivity contribution in [3.8, 4) is 0 Å². The van der Waals surface area contributed by atoms with E-state index in [1.165, 1.54) is 12.8 Å². The van der Waals surface area contributed by atoms with E-state index < -0.39 is 6.09 Å². The van der Waals surface area contributed by atoms with Crippen LogP contribution in [0.15, 0.2) is 24.4 Å². The first-order valence-electron chi connectivity index (χ1n) is 6.86. The summed E-state index contributed by atoms with van der Waals surface area (Å²) in [7, 11) is 0. The minimum absolute atomic E-state index is 0.219. The summed E-state index contributed by atoms with van der Waals surface area (Å²) in [6.45, 7) is 1.61. The monoisotopic (exact) mass is 248 g/mol. The van der Waals surface area contributed by atoms with Gasteiger partial charge >= 0.3 is 6.09 Å². The predicted molar refractivity (Wildman–Crippen MR) is 69.3 cm³/mol. The average Bonchev–Trinajstić information content (AvgIpc) is 2.55. The van der Waals surface area contributed by atoms with Gasteiger partial charge in [0.05, 0.1) is 6.04 Å². The maximum Gasteiger partial charge on any atom is 0.407 e. The topological polar surface area (TPSA) is 43.8 Å². The molecule has 1 saturated carbocycles. The molecule has 0 spiro atoms. The van der Waals surface area contributed by atoms with Crippen LogP contribution in [0.1, 0.15) is 25.7 Å². The Kier molecular flexibility index (Phi) is 3.02. The summed E-state index contributed by atoms with van der Waals surface area (Å²) in [6.07, 6.45) is 12.2. The number of amides is 1. The van der Waals surface area contributed by atoms with Gasteiger partial charge in [-0.25, -0.2) is 4.79 Å². The lowest BCUT2D eigenvalue weighted by Crippen LogP contribution is -2.46. The fourth-order valence-corrected chi connectivity index (χ4v) is 3.57. The van der Waals surface area contributed by atoms with Crippen LogP contribution >= 0.6 is 0 Å². The Labute approximate surface area is 108 Å². The van der Waals surface area contributed by atoms with Crippen molar-refractivity contribution in [3.05, 3.63) is 24.4 Å². The Balaban J connectivity index is 1.88. The molecule has 4 nitrogen and oxygen atoms in total. The fraction of sp³-hybridized carbons (Fsp3) is 0.643. The third-order valence-corrected chi connectivity index (χ3v) is 4.49. The Morgan fingerprint density at radius 1 is 1.17 bits per heavy atom. The van der Waals surface area contributed by atoms with Gasteiger partial charge in [-0.15, -0.1) is 0 Å². The van der Waals surface area contributed by atoms with E-state index in [1.54, 1.807) is 4.90 Å². The second kappa shape index (κ2) is 4.67. The zero-order valence-electron chi connectivity index (χ0n) is 10.5. The summed E-state index contributed by atoms with van der Waals surface area (Å²) in [5, 5.41) is 9.46. The van der Waals surface area contributed by atoms with Gasteiger partial charge in [-0.3, -0.25) is 0 Å². The van der Waals surface area contributed by atoms with Crippen molar-refractivity contribution >= 4 is 6.09 Å². The van der Waals surface area contributed by atoms with Crippen molar-refractivity contribution < 1.29 is 9.90 Å². The summed E-state index contributed by atoms with van der Waals surface area (Å²) in [4.78, 5) is 15.5. The molecule has 0 aromatic heterocycles. The van der Waals surface area contributed by atoms with Gasteiger partial charge in [0.1, 0.15) is 0 Å². The smallest absolute Gasteiger partial charge is 0.407 e. The zero-order valence-corrected chi connectivity index (χ0v) is 10.5. The molecule has 0 bridgehead atoms.